The zero-order chi connectivity index (χ0) is 19.9. The molecule has 3 aromatic rings. The molecule has 7 nitrogen and oxygen atoms in total. The third kappa shape index (κ3) is 4.85. The monoisotopic (exact) mass is 377 g/mol. The summed E-state index contributed by atoms with van der Waals surface area (Å²) in [5, 5.41) is 8.05. The number of carbonyl (C=O) groups is 3. The van der Waals surface area contributed by atoms with Gasteiger partial charge in [0.05, 0.1) is 6.26 Å². The number of amides is 3. The number of rotatable bonds is 6. The lowest BCUT2D eigenvalue weighted by molar-refractivity contribution is -0.117. The van der Waals surface area contributed by atoms with Crippen molar-refractivity contribution in [3.05, 3.63) is 84.3 Å². The van der Waals surface area contributed by atoms with Gasteiger partial charge in [-0.2, -0.15) is 0 Å². The Labute approximate surface area is 161 Å². The van der Waals surface area contributed by atoms with E-state index in [0.29, 0.717) is 16.9 Å². The normalized spacial score (nSPS) is 11.3. The fourth-order valence-corrected chi connectivity index (χ4v) is 2.46. The van der Waals surface area contributed by atoms with Crippen LogP contribution in [-0.2, 0) is 4.79 Å². The summed E-state index contributed by atoms with van der Waals surface area (Å²) in [6.45, 7) is 1.60. The van der Waals surface area contributed by atoms with Crippen LogP contribution in [0.15, 0.2) is 77.4 Å². The largest absolute Gasteiger partial charge is 0.459 e. The highest BCUT2D eigenvalue weighted by Crippen LogP contribution is 2.16. The molecule has 1 heterocycles. The van der Waals surface area contributed by atoms with E-state index in [-0.39, 0.29) is 17.6 Å². The quantitative estimate of drug-likeness (QED) is 0.614. The van der Waals surface area contributed by atoms with Crippen molar-refractivity contribution in [2.75, 3.05) is 10.6 Å². The molecule has 1 atom stereocenters. The first-order chi connectivity index (χ1) is 13.5. The van der Waals surface area contributed by atoms with Gasteiger partial charge in [0.2, 0.25) is 5.91 Å². The highest BCUT2D eigenvalue weighted by Gasteiger charge is 2.17. The van der Waals surface area contributed by atoms with Gasteiger partial charge in [0, 0.05) is 16.9 Å². The third-order valence-corrected chi connectivity index (χ3v) is 3.91. The maximum atomic E-state index is 12.4. The van der Waals surface area contributed by atoms with E-state index in [1.165, 1.54) is 6.26 Å². The van der Waals surface area contributed by atoms with Crippen molar-refractivity contribution in [2.45, 2.75) is 13.0 Å². The highest BCUT2D eigenvalue weighted by atomic mass is 16.3. The standard InChI is InChI=1S/C21H19N3O4/c1-14(22-20(26)15-7-3-2-4-8-15)19(25)23-16-9-5-10-17(13-16)24-21(27)18-11-6-12-28-18/h2-14H,1H3,(H,22,26)(H,23,25)(H,24,27)/t14-/m0/s1. The number of carbonyl (C=O) groups excluding carboxylic acids is 3. The fourth-order valence-electron chi connectivity index (χ4n) is 2.46. The maximum absolute atomic E-state index is 12.4. The summed E-state index contributed by atoms with van der Waals surface area (Å²) in [5.74, 6) is -0.912. The first-order valence-electron chi connectivity index (χ1n) is 8.64. The molecule has 0 aliphatic rings. The summed E-state index contributed by atoms with van der Waals surface area (Å²) in [6.07, 6.45) is 1.41. The Bertz CT molecular complexity index is 968. The molecule has 1 aromatic heterocycles. The topological polar surface area (TPSA) is 100 Å². The van der Waals surface area contributed by atoms with E-state index in [1.807, 2.05) is 6.07 Å². The van der Waals surface area contributed by atoms with E-state index < -0.39 is 11.9 Å². The Morgan fingerprint density at radius 2 is 1.54 bits per heavy atom. The van der Waals surface area contributed by atoms with Crippen molar-refractivity contribution in [3.8, 4) is 0 Å². The van der Waals surface area contributed by atoms with Crippen LogP contribution in [0.5, 0.6) is 0 Å². The summed E-state index contributed by atoms with van der Waals surface area (Å²) in [5.41, 5.74) is 1.47. The molecule has 28 heavy (non-hydrogen) atoms. The van der Waals surface area contributed by atoms with Gasteiger partial charge in [-0.05, 0) is 49.4 Å². The molecule has 2 aromatic carbocycles. The average Bonchev–Trinajstić information content (AvgIpc) is 3.24. The van der Waals surface area contributed by atoms with Crippen molar-refractivity contribution in [2.24, 2.45) is 0 Å². The molecule has 0 radical (unpaired) electrons. The molecule has 142 valence electrons. The summed E-state index contributed by atoms with van der Waals surface area (Å²) < 4.78 is 5.05. The molecular weight excluding hydrogens is 358 g/mol. The highest BCUT2D eigenvalue weighted by molar-refractivity contribution is 6.03. The van der Waals surface area contributed by atoms with E-state index >= 15 is 0 Å². The molecule has 7 heteroatoms. The number of furan rings is 1. The molecule has 0 aliphatic heterocycles. The van der Waals surface area contributed by atoms with Crippen molar-refractivity contribution < 1.29 is 18.8 Å². The fraction of sp³-hybridized carbons (Fsp3) is 0.0952. The van der Waals surface area contributed by atoms with Crippen LogP contribution in [0, 0.1) is 0 Å². The Hall–Kier alpha value is -3.87. The van der Waals surface area contributed by atoms with Crippen LogP contribution in [-0.4, -0.2) is 23.8 Å². The molecule has 0 bridgehead atoms. The molecule has 0 unspecified atom stereocenters. The lowest BCUT2D eigenvalue weighted by atomic mass is 10.2. The van der Waals surface area contributed by atoms with Gasteiger partial charge in [0.25, 0.3) is 11.8 Å². The number of hydrogen-bond donors (Lipinski definition) is 3. The van der Waals surface area contributed by atoms with Crippen LogP contribution in [0.2, 0.25) is 0 Å². The van der Waals surface area contributed by atoms with Crippen molar-refractivity contribution >= 4 is 29.1 Å². The van der Waals surface area contributed by atoms with Crippen LogP contribution in [0.1, 0.15) is 27.8 Å². The second-order valence-corrected chi connectivity index (χ2v) is 6.06. The molecule has 0 fully saturated rings. The minimum atomic E-state index is -0.742. The van der Waals surface area contributed by atoms with Gasteiger partial charge in [-0.1, -0.05) is 24.3 Å². The lowest BCUT2D eigenvalue weighted by Crippen LogP contribution is -2.41. The number of hydrogen-bond acceptors (Lipinski definition) is 4. The summed E-state index contributed by atoms with van der Waals surface area (Å²) >= 11 is 0. The van der Waals surface area contributed by atoms with E-state index in [4.69, 9.17) is 4.42 Å². The zero-order valence-electron chi connectivity index (χ0n) is 15.1. The molecule has 0 saturated heterocycles. The van der Waals surface area contributed by atoms with Crippen molar-refractivity contribution in [1.82, 2.24) is 5.32 Å². The Balaban J connectivity index is 1.59. The third-order valence-electron chi connectivity index (χ3n) is 3.91. The summed E-state index contributed by atoms with van der Waals surface area (Å²) in [6, 6.07) is 17.8. The Kier molecular flexibility index (Phi) is 5.86. The van der Waals surface area contributed by atoms with Crippen LogP contribution in [0.3, 0.4) is 0 Å². The van der Waals surface area contributed by atoms with Gasteiger partial charge < -0.3 is 20.4 Å². The second-order valence-electron chi connectivity index (χ2n) is 6.06. The predicted molar refractivity (Wildman–Crippen MR) is 105 cm³/mol. The van der Waals surface area contributed by atoms with Gasteiger partial charge in [0.1, 0.15) is 6.04 Å². The summed E-state index contributed by atoms with van der Waals surface area (Å²) in [4.78, 5) is 36.6. The van der Waals surface area contributed by atoms with Crippen LogP contribution in [0.4, 0.5) is 11.4 Å². The molecular formula is C21H19N3O4. The molecule has 0 aliphatic carbocycles. The minimum absolute atomic E-state index is 0.187. The van der Waals surface area contributed by atoms with Gasteiger partial charge in [-0.15, -0.1) is 0 Å². The summed E-state index contributed by atoms with van der Waals surface area (Å²) in [7, 11) is 0. The first kappa shape index (κ1) is 18.9. The predicted octanol–water partition coefficient (Wildman–Crippen LogP) is 3.29. The Morgan fingerprint density at radius 3 is 2.21 bits per heavy atom. The van der Waals surface area contributed by atoms with Gasteiger partial charge >= 0.3 is 0 Å². The maximum Gasteiger partial charge on any atom is 0.291 e. The van der Waals surface area contributed by atoms with Crippen LogP contribution in [0.25, 0.3) is 0 Å². The van der Waals surface area contributed by atoms with E-state index in [0.717, 1.165) is 0 Å². The number of benzene rings is 2. The van der Waals surface area contributed by atoms with E-state index in [9.17, 15) is 14.4 Å². The van der Waals surface area contributed by atoms with Crippen LogP contribution >= 0.6 is 0 Å². The molecule has 3 N–H and O–H groups in total. The van der Waals surface area contributed by atoms with Crippen molar-refractivity contribution in [3.63, 3.8) is 0 Å². The first-order valence-corrected chi connectivity index (χ1v) is 8.64. The van der Waals surface area contributed by atoms with Gasteiger partial charge in [-0.25, -0.2) is 0 Å². The van der Waals surface area contributed by atoms with E-state index in [2.05, 4.69) is 16.0 Å². The van der Waals surface area contributed by atoms with E-state index in [1.54, 1.807) is 67.6 Å². The minimum Gasteiger partial charge on any atom is -0.459 e. The van der Waals surface area contributed by atoms with Crippen LogP contribution < -0.4 is 16.0 Å². The van der Waals surface area contributed by atoms with Gasteiger partial charge in [0.15, 0.2) is 5.76 Å². The molecule has 0 spiro atoms. The number of nitrogens with one attached hydrogen (secondary N) is 3. The molecule has 0 saturated carbocycles. The SMILES string of the molecule is C[C@H](NC(=O)c1ccccc1)C(=O)Nc1cccc(NC(=O)c2ccco2)c1. The average molecular weight is 377 g/mol. The second kappa shape index (κ2) is 8.68. The number of anilines is 2. The molecule has 3 amide bonds. The lowest BCUT2D eigenvalue weighted by Gasteiger charge is -2.15. The van der Waals surface area contributed by atoms with Crippen molar-refractivity contribution in [1.29, 1.82) is 0 Å². The molecule has 3 rings (SSSR count). The van der Waals surface area contributed by atoms with Gasteiger partial charge in [-0.3, -0.25) is 14.4 Å². The zero-order valence-corrected chi connectivity index (χ0v) is 15.1. The smallest absolute Gasteiger partial charge is 0.291 e. The Morgan fingerprint density at radius 1 is 0.821 bits per heavy atom.